The van der Waals surface area contributed by atoms with E-state index in [0.29, 0.717) is 0 Å². The van der Waals surface area contributed by atoms with E-state index < -0.39 is 0 Å². The molecule has 1 heterocycles. The predicted octanol–water partition coefficient (Wildman–Crippen LogP) is 1.91. The maximum atomic E-state index is 5.53. The van der Waals surface area contributed by atoms with E-state index in [1.807, 2.05) is 18.2 Å². The molecule has 1 unspecified atom stereocenters. The molecule has 0 amide bonds. The molecule has 16 heavy (non-hydrogen) atoms. The van der Waals surface area contributed by atoms with Crippen LogP contribution in [0.4, 0.5) is 0 Å². The summed E-state index contributed by atoms with van der Waals surface area (Å²) in [5, 5.41) is 0. The highest BCUT2D eigenvalue weighted by Crippen LogP contribution is 2.22. The van der Waals surface area contributed by atoms with Crippen molar-refractivity contribution in [2.75, 3.05) is 12.4 Å². The first-order chi connectivity index (χ1) is 7.90. The number of benzene rings is 1. The van der Waals surface area contributed by atoms with Crippen LogP contribution in [0.25, 0.3) is 0 Å². The fourth-order valence-corrected chi connectivity index (χ4v) is 2.56. The molecule has 86 valence electrons. The average molecular weight is 236 g/mol. The largest absolute Gasteiger partial charge is 0.496 e. The average Bonchev–Trinajstić information content (AvgIpc) is 2.85. The highest BCUT2D eigenvalue weighted by molar-refractivity contribution is 7.99. The van der Waals surface area contributed by atoms with E-state index in [1.54, 1.807) is 11.8 Å². The fraction of sp³-hybridized carbons (Fsp3) is 0.333. The Kier molecular flexibility index (Phi) is 4.27. The summed E-state index contributed by atoms with van der Waals surface area (Å²) >= 11 is 1.78. The van der Waals surface area contributed by atoms with Gasteiger partial charge < -0.3 is 4.74 Å². The zero-order valence-corrected chi connectivity index (χ0v) is 9.87. The fourth-order valence-electron chi connectivity index (χ4n) is 1.59. The molecule has 0 radical (unpaired) electrons. The van der Waals surface area contributed by atoms with E-state index in [0.717, 1.165) is 24.5 Å². The normalized spacial score (nSPS) is 16.7. The predicted molar refractivity (Wildman–Crippen MR) is 66.9 cm³/mol. The maximum Gasteiger partial charge on any atom is 0.111 e. The number of hydrogen-bond acceptors (Lipinski definition) is 4. The molecule has 0 aliphatic carbocycles. The molecule has 0 saturated carbocycles. The Morgan fingerprint density at radius 1 is 1.38 bits per heavy atom. The molecule has 2 rings (SSSR count). The van der Waals surface area contributed by atoms with E-state index in [9.17, 15) is 0 Å². The Bertz CT molecular complexity index is 353. The lowest BCUT2D eigenvalue weighted by Crippen LogP contribution is -2.38. The van der Waals surface area contributed by atoms with Gasteiger partial charge in [-0.2, -0.15) is 0 Å². The Balaban J connectivity index is 1.88. The first-order valence-corrected chi connectivity index (χ1v) is 6.35. The van der Waals surface area contributed by atoms with Crippen LogP contribution in [0.5, 0.6) is 0 Å². The number of ether oxygens (including phenoxy) is 1. The molecule has 1 aliphatic heterocycles. The molecular formula is C12H16N2OS. The number of nitrogens with one attached hydrogen (secondary N) is 1. The highest BCUT2D eigenvalue weighted by Gasteiger charge is 2.17. The summed E-state index contributed by atoms with van der Waals surface area (Å²) in [4.78, 5) is 1.25. The summed E-state index contributed by atoms with van der Waals surface area (Å²) in [7, 11) is 0. The van der Waals surface area contributed by atoms with Gasteiger partial charge in [0, 0.05) is 17.1 Å². The zero-order valence-electron chi connectivity index (χ0n) is 9.06. The van der Waals surface area contributed by atoms with Crippen molar-refractivity contribution in [2.24, 2.45) is 5.84 Å². The van der Waals surface area contributed by atoms with Gasteiger partial charge in [0.2, 0.25) is 0 Å². The minimum absolute atomic E-state index is 0.104. The second kappa shape index (κ2) is 5.94. The lowest BCUT2D eigenvalue weighted by Gasteiger charge is -2.16. The third kappa shape index (κ3) is 3.01. The number of hydrogen-bond donors (Lipinski definition) is 2. The van der Waals surface area contributed by atoms with E-state index in [2.05, 4.69) is 23.6 Å². The first kappa shape index (κ1) is 11.5. The molecule has 4 heteroatoms. The minimum Gasteiger partial charge on any atom is -0.496 e. The summed E-state index contributed by atoms with van der Waals surface area (Å²) in [6, 6.07) is 10.4. The standard InChI is InChI=1S/C12H16N2OS/c13-14-11(12-7-4-8-15-12)9-16-10-5-2-1-3-6-10/h1-3,5-7,11,14H,4,8-9,13H2. The van der Waals surface area contributed by atoms with Crippen LogP contribution in [0, 0.1) is 0 Å². The number of nitrogens with two attached hydrogens (primary N) is 1. The van der Waals surface area contributed by atoms with E-state index in [1.165, 1.54) is 4.90 Å². The van der Waals surface area contributed by atoms with Gasteiger partial charge in [0.05, 0.1) is 12.6 Å². The minimum atomic E-state index is 0.104. The summed E-state index contributed by atoms with van der Waals surface area (Å²) < 4.78 is 5.50. The van der Waals surface area contributed by atoms with Crippen molar-refractivity contribution in [1.29, 1.82) is 0 Å². The van der Waals surface area contributed by atoms with Crippen molar-refractivity contribution in [3.8, 4) is 0 Å². The Morgan fingerprint density at radius 3 is 2.81 bits per heavy atom. The molecule has 0 spiro atoms. The molecule has 0 aromatic heterocycles. The van der Waals surface area contributed by atoms with E-state index in [-0.39, 0.29) is 6.04 Å². The number of hydrazine groups is 1. The molecule has 0 fully saturated rings. The van der Waals surface area contributed by atoms with E-state index in [4.69, 9.17) is 10.6 Å². The van der Waals surface area contributed by atoms with Crippen LogP contribution in [0.2, 0.25) is 0 Å². The Hall–Kier alpha value is -0.970. The van der Waals surface area contributed by atoms with Crippen LogP contribution in [0.1, 0.15) is 6.42 Å². The molecular weight excluding hydrogens is 220 g/mol. The summed E-state index contributed by atoms with van der Waals surface area (Å²) in [6.45, 7) is 0.781. The van der Waals surface area contributed by atoms with Gasteiger partial charge in [-0.3, -0.25) is 5.84 Å². The lowest BCUT2D eigenvalue weighted by atomic mass is 10.3. The number of thioether (sulfide) groups is 1. The van der Waals surface area contributed by atoms with Crippen LogP contribution in [0.15, 0.2) is 47.1 Å². The van der Waals surface area contributed by atoms with Crippen molar-refractivity contribution < 1.29 is 4.74 Å². The zero-order chi connectivity index (χ0) is 11.2. The topological polar surface area (TPSA) is 47.3 Å². The summed E-state index contributed by atoms with van der Waals surface area (Å²) in [6.07, 6.45) is 3.10. The van der Waals surface area contributed by atoms with Crippen molar-refractivity contribution in [1.82, 2.24) is 5.43 Å². The second-order valence-corrected chi connectivity index (χ2v) is 4.68. The van der Waals surface area contributed by atoms with Gasteiger partial charge in [-0.05, 0) is 18.2 Å². The molecule has 3 N–H and O–H groups in total. The molecule has 1 aromatic carbocycles. The molecule has 0 saturated heterocycles. The van der Waals surface area contributed by atoms with Gasteiger partial charge in [-0.15, -0.1) is 11.8 Å². The lowest BCUT2D eigenvalue weighted by molar-refractivity contribution is 0.220. The third-order valence-corrected chi connectivity index (χ3v) is 3.54. The van der Waals surface area contributed by atoms with Crippen molar-refractivity contribution in [2.45, 2.75) is 17.4 Å². The maximum absolute atomic E-state index is 5.53. The van der Waals surface area contributed by atoms with Crippen LogP contribution in [-0.2, 0) is 4.74 Å². The monoisotopic (exact) mass is 236 g/mol. The van der Waals surface area contributed by atoms with Crippen molar-refractivity contribution >= 4 is 11.8 Å². The molecule has 3 nitrogen and oxygen atoms in total. The van der Waals surface area contributed by atoms with Crippen LogP contribution in [-0.4, -0.2) is 18.4 Å². The van der Waals surface area contributed by atoms with Crippen molar-refractivity contribution in [3.05, 3.63) is 42.2 Å². The van der Waals surface area contributed by atoms with Gasteiger partial charge in [0.15, 0.2) is 0 Å². The Labute approximate surface area is 100 Å². The van der Waals surface area contributed by atoms with Crippen molar-refractivity contribution in [3.63, 3.8) is 0 Å². The van der Waals surface area contributed by atoms with Gasteiger partial charge in [0.1, 0.15) is 5.76 Å². The summed E-state index contributed by atoms with van der Waals surface area (Å²) in [5.41, 5.74) is 2.80. The van der Waals surface area contributed by atoms with Gasteiger partial charge in [0.25, 0.3) is 0 Å². The molecule has 1 aromatic rings. The Morgan fingerprint density at radius 2 is 2.19 bits per heavy atom. The SMILES string of the molecule is NNC(CSc1ccccc1)C1=CCCO1. The molecule has 1 aliphatic rings. The van der Waals surface area contributed by atoms with Crippen LogP contribution >= 0.6 is 11.8 Å². The van der Waals surface area contributed by atoms with Gasteiger partial charge in [-0.1, -0.05) is 18.2 Å². The van der Waals surface area contributed by atoms with E-state index >= 15 is 0 Å². The first-order valence-electron chi connectivity index (χ1n) is 5.37. The summed E-state index contributed by atoms with van der Waals surface area (Å²) in [5.74, 6) is 7.39. The van der Waals surface area contributed by atoms with Gasteiger partial charge >= 0.3 is 0 Å². The third-order valence-electron chi connectivity index (χ3n) is 2.44. The number of rotatable bonds is 5. The second-order valence-electron chi connectivity index (χ2n) is 3.59. The van der Waals surface area contributed by atoms with Gasteiger partial charge in [-0.25, -0.2) is 5.43 Å². The van der Waals surface area contributed by atoms with Crippen LogP contribution < -0.4 is 11.3 Å². The smallest absolute Gasteiger partial charge is 0.111 e. The quantitative estimate of drug-likeness (QED) is 0.466. The molecule has 1 atom stereocenters. The molecule has 0 bridgehead atoms. The highest BCUT2D eigenvalue weighted by atomic mass is 32.2. The van der Waals surface area contributed by atoms with Crippen LogP contribution in [0.3, 0.4) is 0 Å².